The number of primary amides is 1. The summed E-state index contributed by atoms with van der Waals surface area (Å²) in [6.07, 6.45) is 4.37. The van der Waals surface area contributed by atoms with Gasteiger partial charge in [-0.3, -0.25) is 9.59 Å². The number of likely N-dealkylation sites (tertiary alicyclic amines) is 1. The molecule has 9 nitrogen and oxygen atoms in total. The molecule has 3 N–H and O–H groups in total. The Balaban J connectivity index is 1.55. The Labute approximate surface area is 209 Å². The fourth-order valence-corrected chi connectivity index (χ4v) is 3.96. The summed E-state index contributed by atoms with van der Waals surface area (Å²) in [5.74, 6) is -1.69. The SMILES string of the molecule is COc1cc2ncnc(Nc3ccc(F)c(Cl)c3F)c2cc1OC1CCN(C(=O)/C=C/C(N)=O)CC1. The van der Waals surface area contributed by atoms with E-state index in [-0.39, 0.29) is 23.5 Å². The van der Waals surface area contributed by atoms with Crippen molar-refractivity contribution in [2.24, 2.45) is 5.73 Å². The van der Waals surface area contributed by atoms with Crippen LogP contribution >= 0.6 is 11.6 Å². The van der Waals surface area contributed by atoms with Gasteiger partial charge in [0.05, 0.1) is 18.3 Å². The number of benzene rings is 2. The largest absolute Gasteiger partial charge is 0.493 e. The topological polar surface area (TPSA) is 120 Å². The van der Waals surface area contributed by atoms with Crippen LogP contribution in [0, 0.1) is 11.6 Å². The van der Waals surface area contributed by atoms with E-state index in [9.17, 15) is 18.4 Å². The number of anilines is 2. The number of halogens is 3. The summed E-state index contributed by atoms with van der Waals surface area (Å²) in [4.78, 5) is 33.0. The van der Waals surface area contributed by atoms with Crippen LogP contribution in [0.5, 0.6) is 11.5 Å². The highest BCUT2D eigenvalue weighted by Gasteiger charge is 2.24. The molecule has 3 aromatic rings. The minimum Gasteiger partial charge on any atom is -0.493 e. The molecule has 0 saturated carbocycles. The molecule has 1 aliphatic rings. The lowest BCUT2D eigenvalue weighted by molar-refractivity contribution is -0.128. The van der Waals surface area contributed by atoms with Crippen LogP contribution in [0.25, 0.3) is 10.9 Å². The predicted octanol–water partition coefficient (Wildman–Crippen LogP) is 3.72. The second-order valence-electron chi connectivity index (χ2n) is 7.97. The van der Waals surface area contributed by atoms with E-state index in [1.165, 1.54) is 19.5 Å². The number of aromatic nitrogens is 2. The molecule has 4 rings (SSSR count). The van der Waals surface area contributed by atoms with Crippen LogP contribution in [0.15, 0.2) is 42.7 Å². The molecule has 2 amide bonds. The zero-order valence-corrected chi connectivity index (χ0v) is 19.9. The van der Waals surface area contributed by atoms with E-state index in [1.54, 1.807) is 17.0 Å². The number of carbonyl (C=O) groups is 2. The third-order valence-electron chi connectivity index (χ3n) is 5.65. The number of nitrogens with two attached hydrogens (primary N) is 1. The molecule has 0 bridgehead atoms. The van der Waals surface area contributed by atoms with Gasteiger partial charge in [-0.15, -0.1) is 0 Å². The van der Waals surface area contributed by atoms with Gasteiger partial charge in [-0.1, -0.05) is 11.6 Å². The molecule has 0 atom stereocenters. The summed E-state index contributed by atoms with van der Waals surface area (Å²) in [6.45, 7) is 0.867. The standard InChI is InChI=1S/C24H22ClF2N5O4/c1-35-18-11-17-14(24(30-12-29-17)31-16-3-2-15(26)22(25)23(16)27)10-19(18)36-13-6-8-32(9-7-13)21(34)5-4-20(28)33/h2-5,10-13H,6-9H2,1H3,(H2,28,33)(H,29,30,31)/b5-4+. The highest BCUT2D eigenvalue weighted by atomic mass is 35.5. The quantitative estimate of drug-likeness (QED) is 0.362. The van der Waals surface area contributed by atoms with Crippen molar-refractivity contribution in [2.75, 3.05) is 25.5 Å². The summed E-state index contributed by atoms with van der Waals surface area (Å²) in [5, 5.41) is 2.72. The van der Waals surface area contributed by atoms with Gasteiger partial charge in [-0.25, -0.2) is 18.7 Å². The first-order valence-corrected chi connectivity index (χ1v) is 11.3. The average Bonchev–Trinajstić information content (AvgIpc) is 2.88. The van der Waals surface area contributed by atoms with Crippen molar-refractivity contribution < 1.29 is 27.8 Å². The van der Waals surface area contributed by atoms with Crippen molar-refractivity contribution in [3.05, 3.63) is 59.4 Å². The number of ether oxygens (including phenoxy) is 2. The molecular formula is C24H22ClF2N5O4. The van der Waals surface area contributed by atoms with Crippen molar-refractivity contribution in [2.45, 2.75) is 18.9 Å². The van der Waals surface area contributed by atoms with Gasteiger partial charge in [0, 0.05) is 49.5 Å². The van der Waals surface area contributed by atoms with Crippen molar-refractivity contribution >= 4 is 45.8 Å². The van der Waals surface area contributed by atoms with Gasteiger partial charge < -0.3 is 25.4 Å². The Hall–Kier alpha value is -3.99. The highest BCUT2D eigenvalue weighted by molar-refractivity contribution is 6.31. The fraction of sp³-hybridized carbons (Fsp3) is 0.250. The minimum atomic E-state index is -0.944. The maximum atomic E-state index is 14.5. The predicted molar refractivity (Wildman–Crippen MR) is 129 cm³/mol. The van der Waals surface area contributed by atoms with Crippen LogP contribution < -0.4 is 20.5 Å². The van der Waals surface area contributed by atoms with Crippen LogP contribution in [-0.4, -0.2) is 53.0 Å². The molecule has 0 aliphatic carbocycles. The number of rotatable bonds is 7. The Morgan fingerprint density at radius 2 is 1.92 bits per heavy atom. The molecule has 1 fully saturated rings. The lowest BCUT2D eigenvalue weighted by Gasteiger charge is -2.32. The monoisotopic (exact) mass is 517 g/mol. The van der Waals surface area contributed by atoms with Crippen molar-refractivity contribution in [1.29, 1.82) is 0 Å². The molecule has 1 saturated heterocycles. The van der Waals surface area contributed by atoms with Gasteiger partial charge in [0.1, 0.15) is 29.1 Å². The number of carbonyl (C=O) groups excluding carboxylic acids is 2. The van der Waals surface area contributed by atoms with E-state index >= 15 is 0 Å². The van der Waals surface area contributed by atoms with E-state index in [0.29, 0.717) is 48.3 Å². The Bertz CT molecular complexity index is 1350. The first-order valence-electron chi connectivity index (χ1n) is 10.9. The lowest BCUT2D eigenvalue weighted by Crippen LogP contribution is -2.41. The van der Waals surface area contributed by atoms with E-state index in [0.717, 1.165) is 18.2 Å². The van der Waals surface area contributed by atoms with Gasteiger partial charge >= 0.3 is 0 Å². The summed E-state index contributed by atoms with van der Waals surface area (Å²) in [5.41, 5.74) is 5.49. The number of nitrogens with zero attached hydrogens (tertiary/aromatic N) is 3. The van der Waals surface area contributed by atoms with Crippen LogP contribution in [-0.2, 0) is 9.59 Å². The van der Waals surface area contributed by atoms with Crippen LogP contribution in [0.3, 0.4) is 0 Å². The van der Waals surface area contributed by atoms with Gasteiger partial charge in [0.25, 0.3) is 0 Å². The maximum absolute atomic E-state index is 14.5. The summed E-state index contributed by atoms with van der Waals surface area (Å²) in [6, 6.07) is 5.61. The zero-order valence-electron chi connectivity index (χ0n) is 19.1. The Morgan fingerprint density at radius 3 is 2.61 bits per heavy atom. The zero-order chi connectivity index (χ0) is 25.8. The molecule has 0 spiro atoms. The number of hydrogen-bond acceptors (Lipinski definition) is 7. The summed E-state index contributed by atoms with van der Waals surface area (Å²) >= 11 is 5.69. The molecule has 12 heteroatoms. The summed E-state index contributed by atoms with van der Waals surface area (Å²) in [7, 11) is 1.50. The second kappa shape index (κ2) is 10.7. The van der Waals surface area contributed by atoms with Gasteiger partial charge in [0.15, 0.2) is 17.3 Å². The van der Waals surface area contributed by atoms with E-state index in [2.05, 4.69) is 15.3 Å². The van der Waals surface area contributed by atoms with Gasteiger partial charge in [-0.05, 0) is 18.2 Å². The molecule has 2 heterocycles. The minimum absolute atomic E-state index is 0.0536. The normalized spacial score (nSPS) is 14.3. The van der Waals surface area contributed by atoms with Crippen molar-refractivity contribution in [3.8, 4) is 11.5 Å². The molecule has 0 unspecified atom stereocenters. The molecule has 2 aromatic carbocycles. The third-order valence-corrected chi connectivity index (χ3v) is 5.99. The van der Waals surface area contributed by atoms with Gasteiger partial charge in [-0.2, -0.15) is 0 Å². The average molecular weight is 518 g/mol. The molecular weight excluding hydrogens is 496 g/mol. The highest BCUT2D eigenvalue weighted by Crippen LogP contribution is 2.37. The van der Waals surface area contributed by atoms with E-state index < -0.39 is 22.6 Å². The molecule has 1 aliphatic heterocycles. The van der Waals surface area contributed by atoms with Gasteiger partial charge in [0.2, 0.25) is 11.8 Å². The fourth-order valence-electron chi connectivity index (χ4n) is 3.80. The van der Waals surface area contributed by atoms with Crippen molar-refractivity contribution in [1.82, 2.24) is 14.9 Å². The number of piperidine rings is 1. The molecule has 188 valence electrons. The van der Waals surface area contributed by atoms with E-state index in [4.69, 9.17) is 26.8 Å². The number of methoxy groups -OCH3 is 1. The number of nitrogens with one attached hydrogen (secondary N) is 1. The first-order chi connectivity index (χ1) is 17.3. The van der Waals surface area contributed by atoms with Crippen LogP contribution in [0.2, 0.25) is 5.02 Å². The first kappa shape index (κ1) is 25.1. The second-order valence-corrected chi connectivity index (χ2v) is 8.35. The number of hydrogen-bond donors (Lipinski definition) is 2. The molecule has 1 aromatic heterocycles. The maximum Gasteiger partial charge on any atom is 0.246 e. The van der Waals surface area contributed by atoms with Crippen LogP contribution in [0.4, 0.5) is 20.3 Å². The smallest absolute Gasteiger partial charge is 0.246 e. The summed E-state index contributed by atoms with van der Waals surface area (Å²) < 4.78 is 39.7. The molecule has 36 heavy (non-hydrogen) atoms. The molecule has 0 radical (unpaired) electrons. The third kappa shape index (κ3) is 5.46. The van der Waals surface area contributed by atoms with Crippen molar-refractivity contribution in [3.63, 3.8) is 0 Å². The lowest BCUT2D eigenvalue weighted by atomic mass is 10.1. The van der Waals surface area contributed by atoms with E-state index in [1.807, 2.05) is 0 Å². The number of fused-ring (bicyclic) bond motifs is 1. The Kier molecular flexibility index (Phi) is 7.49. The number of amides is 2. The Morgan fingerprint density at radius 1 is 1.17 bits per heavy atom. The van der Waals surface area contributed by atoms with Crippen LogP contribution in [0.1, 0.15) is 12.8 Å².